The Morgan fingerprint density at radius 2 is 1.88 bits per heavy atom. The lowest BCUT2D eigenvalue weighted by atomic mass is 9.94. The van der Waals surface area contributed by atoms with Gasteiger partial charge in [0.25, 0.3) is 5.91 Å². The molecule has 0 spiro atoms. The van der Waals surface area contributed by atoms with E-state index in [4.69, 9.17) is 0 Å². The molecule has 0 aliphatic carbocycles. The molecule has 0 N–H and O–H groups in total. The summed E-state index contributed by atoms with van der Waals surface area (Å²) in [6, 6.07) is 3.71. The third kappa shape index (κ3) is 4.36. The first-order valence-electron chi connectivity index (χ1n) is 9.11. The van der Waals surface area contributed by atoms with Gasteiger partial charge in [0.1, 0.15) is 11.6 Å². The van der Waals surface area contributed by atoms with Crippen molar-refractivity contribution >= 4 is 5.91 Å². The van der Waals surface area contributed by atoms with Gasteiger partial charge in [-0.1, -0.05) is 0 Å². The molecule has 2 aliphatic rings. The molecule has 6 heteroatoms. The molecule has 0 unspecified atom stereocenters. The molecule has 0 saturated carbocycles. The van der Waals surface area contributed by atoms with Crippen LogP contribution in [-0.4, -0.2) is 73.0 Å². The summed E-state index contributed by atoms with van der Waals surface area (Å²) in [5.41, 5.74) is -0.0347. The number of piperidine rings is 1. The quantitative estimate of drug-likeness (QED) is 0.837. The monoisotopic (exact) mass is 351 g/mol. The molecule has 2 heterocycles. The maximum absolute atomic E-state index is 13.8. The van der Waals surface area contributed by atoms with Crippen LogP contribution in [0.25, 0.3) is 0 Å². The number of rotatable bonds is 3. The third-order valence-corrected chi connectivity index (χ3v) is 5.52. The highest BCUT2D eigenvalue weighted by Gasteiger charge is 2.29. The highest BCUT2D eigenvalue weighted by molar-refractivity contribution is 5.94. The van der Waals surface area contributed by atoms with Gasteiger partial charge in [-0.05, 0) is 44.9 Å². The average Bonchev–Trinajstić information content (AvgIpc) is 2.57. The van der Waals surface area contributed by atoms with Gasteiger partial charge in [-0.3, -0.25) is 9.69 Å². The van der Waals surface area contributed by atoms with Gasteiger partial charge >= 0.3 is 0 Å². The normalized spacial score (nSPS) is 23.8. The second kappa shape index (κ2) is 7.79. The van der Waals surface area contributed by atoms with Gasteiger partial charge in [0.15, 0.2) is 0 Å². The fourth-order valence-corrected chi connectivity index (χ4v) is 3.93. The number of hydrogen-bond acceptors (Lipinski definition) is 3. The minimum atomic E-state index is -0.779. The molecule has 0 radical (unpaired) electrons. The number of likely N-dealkylation sites (N-methyl/N-ethyl adjacent to an activating group) is 1. The molecule has 1 amide bonds. The van der Waals surface area contributed by atoms with Crippen molar-refractivity contribution < 1.29 is 13.6 Å². The Labute approximate surface area is 148 Å². The summed E-state index contributed by atoms with van der Waals surface area (Å²) in [7, 11) is 2.16. The largest absolute Gasteiger partial charge is 0.339 e. The molecule has 1 aromatic carbocycles. The fourth-order valence-electron chi connectivity index (χ4n) is 3.93. The van der Waals surface area contributed by atoms with E-state index >= 15 is 0 Å². The summed E-state index contributed by atoms with van der Waals surface area (Å²) in [5, 5.41) is 0. The first kappa shape index (κ1) is 18.3. The predicted molar refractivity (Wildman–Crippen MR) is 93.5 cm³/mol. The van der Waals surface area contributed by atoms with Crippen molar-refractivity contribution in [3.63, 3.8) is 0 Å². The van der Waals surface area contributed by atoms with Gasteiger partial charge in [0.05, 0.1) is 5.56 Å². The Bertz CT molecular complexity index is 617. The average molecular weight is 351 g/mol. The van der Waals surface area contributed by atoms with Crippen molar-refractivity contribution in [3.05, 3.63) is 35.4 Å². The molecular weight excluding hydrogens is 324 g/mol. The van der Waals surface area contributed by atoms with E-state index in [2.05, 4.69) is 23.8 Å². The van der Waals surface area contributed by atoms with E-state index in [1.165, 1.54) is 6.07 Å². The number of hydrogen-bond donors (Lipinski definition) is 0. The van der Waals surface area contributed by atoms with E-state index in [-0.39, 0.29) is 11.5 Å². The third-order valence-electron chi connectivity index (χ3n) is 5.52. The van der Waals surface area contributed by atoms with Gasteiger partial charge in [-0.15, -0.1) is 0 Å². The number of halogens is 2. The van der Waals surface area contributed by atoms with Gasteiger partial charge < -0.3 is 9.80 Å². The summed E-state index contributed by atoms with van der Waals surface area (Å²) in [6.07, 6.45) is 1.88. The molecule has 2 aliphatic heterocycles. The number of amides is 1. The van der Waals surface area contributed by atoms with Crippen molar-refractivity contribution in [2.24, 2.45) is 5.92 Å². The van der Waals surface area contributed by atoms with Gasteiger partial charge in [0, 0.05) is 51.4 Å². The topological polar surface area (TPSA) is 26.8 Å². The lowest BCUT2D eigenvalue weighted by molar-refractivity contribution is 0.0553. The first-order valence-corrected chi connectivity index (χ1v) is 9.11. The number of carbonyl (C=O) groups excluding carboxylic acids is 1. The Morgan fingerprint density at radius 1 is 1.16 bits per heavy atom. The zero-order valence-corrected chi connectivity index (χ0v) is 15.0. The van der Waals surface area contributed by atoms with Crippen LogP contribution in [0.3, 0.4) is 0 Å². The van der Waals surface area contributed by atoms with Crippen LogP contribution in [0.5, 0.6) is 0 Å². The van der Waals surface area contributed by atoms with E-state index in [0.29, 0.717) is 25.0 Å². The van der Waals surface area contributed by atoms with Crippen LogP contribution in [0.1, 0.15) is 30.1 Å². The fraction of sp³-hybridized carbons (Fsp3) is 0.632. The molecule has 2 saturated heterocycles. The smallest absolute Gasteiger partial charge is 0.256 e. The van der Waals surface area contributed by atoms with E-state index in [0.717, 1.165) is 51.2 Å². The van der Waals surface area contributed by atoms with Crippen LogP contribution in [0.2, 0.25) is 0 Å². The zero-order valence-electron chi connectivity index (χ0n) is 15.0. The Hall–Kier alpha value is -1.53. The second-order valence-corrected chi connectivity index (χ2v) is 7.47. The minimum absolute atomic E-state index is 0.0347. The molecule has 1 atom stereocenters. The maximum Gasteiger partial charge on any atom is 0.256 e. The lowest BCUT2D eigenvalue weighted by Gasteiger charge is -2.41. The van der Waals surface area contributed by atoms with Gasteiger partial charge in [-0.25, -0.2) is 8.78 Å². The molecule has 2 fully saturated rings. The molecule has 25 heavy (non-hydrogen) atoms. The minimum Gasteiger partial charge on any atom is -0.339 e. The first-order chi connectivity index (χ1) is 11.9. The number of benzene rings is 1. The Morgan fingerprint density at radius 3 is 2.52 bits per heavy atom. The molecule has 4 nitrogen and oxygen atoms in total. The molecule has 0 bridgehead atoms. The standard InChI is InChI=1S/C19H27F2N3O/c1-14-12-22(2)9-10-24(14)13-15-5-7-23(8-6-15)19(25)17-4-3-16(20)11-18(17)21/h3-4,11,14-15H,5-10,12-13H2,1-2H3/t14-/m0/s1. The summed E-state index contributed by atoms with van der Waals surface area (Å²) in [6.45, 7) is 7.92. The van der Waals surface area contributed by atoms with Crippen LogP contribution >= 0.6 is 0 Å². The molecular formula is C19H27F2N3O. The van der Waals surface area contributed by atoms with Crippen LogP contribution in [0, 0.1) is 17.6 Å². The van der Waals surface area contributed by atoms with Crippen LogP contribution in [0.4, 0.5) is 8.78 Å². The van der Waals surface area contributed by atoms with Crippen molar-refractivity contribution in [3.8, 4) is 0 Å². The van der Waals surface area contributed by atoms with Crippen molar-refractivity contribution in [2.45, 2.75) is 25.8 Å². The SMILES string of the molecule is C[C@H]1CN(C)CCN1CC1CCN(C(=O)c2ccc(F)cc2F)CC1. The predicted octanol–water partition coefficient (Wildman–Crippen LogP) is 2.45. The summed E-state index contributed by atoms with van der Waals surface area (Å²) < 4.78 is 26.8. The summed E-state index contributed by atoms with van der Waals surface area (Å²) in [4.78, 5) is 19.1. The van der Waals surface area contributed by atoms with E-state index in [9.17, 15) is 13.6 Å². The van der Waals surface area contributed by atoms with E-state index in [1.807, 2.05) is 0 Å². The van der Waals surface area contributed by atoms with E-state index in [1.54, 1.807) is 4.90 Å². The summed E-state index contributed by atoms with van der Waals surface area (Å²) >= 11 is 0. The van der Waals surface area contributed by atoms with Crippen LogP contribution < -0.4 is 0 Å². The Kier molecular flexibility index (Phi) is 5.69. The van der Waals surface area contributed by atoms with Crippen molar-refractivity contribution in [2.75, 3.05) is 46.3 Å². The number of nitrogens with zero attached hydrogens (tertiary/aromatic N) is 3. The second-order valence-electron chi connectivity index (χ2n) is 7.47. The number of likely N-dealkylation sites (tertiary alicyclic amines) is 1. The zero-order chi connectivity index (χ0) is 18.0. The molecule has 138 valence electrons. The van der Waals surface area contributed by atoms with Crippen molar-refractivity contribution in [1.29, 1.82) is 0 Å². The van der Waals surface area contributed by atoms with Gasteiger partial charge in [-0.2, -0.15) is 0 Å². The van der Waals surface area contributed by atoms with Crippen LogP contribution in [-0.2, 0) is 0 Å². The van der Waals surface area contributed by atoms with Crippen molar-refractivity contribution in [1.82, 2.24) is 14.7 Å². The highest BCUT2D eigenvalue weighted by Crippen LogP contribution is 2.23. The summed E-state index contributed by atoms with van der Waals surface area (Å²) in [5.74, 6) is -1.19. The van der Waals surface area contributed by atoms with Crippen LogP contribution in [0.15, 0.2) is 18.2 Å². The maximum atomic E-state index is 13.8. The molecule has 1 aromatic rings. The number of carbonyl (C=O) groups is 1. The number of piperazine rings is 1. The molecule has 0 aromatic heterocycles. The van der Waals surface area contributed by atoms with E-state index < -0.39 is 11.6 Å². The molecule has 3 rings (SSSR count). The van der Waals surface area contributed by atoms with Gasteiger partial charge in [0.2, 0.25) is 0 Å². The lowest BCUT2D eigenvalue weighted by Crippen LogP contribution is -2.52. The highest BCUT2D eigenvalue weighted by atomic mass is 19.1. The Balaban J connectivity index is 1.52.